The summed E-state index contributed by atoms with van der Waals surface area (Å²) in [5.41, 5.74) is 1.47. The average Bonchev–Trinajstić information content (AvgIpc) is 2.39. The minimum atomic E-state index is -0.0562. The Labute approximate surface area is 108 Å². The molecule has 0 atom stereocenters. The normalized spacial score (nSPS) is 10.0. The second kappa shape index (κ2) is 5.10. The smallest absolute Gasteiger partial charge is 0.258 e. The second-order valence-electron chi connectivity index (χ2n) is 3.55. The predicted molar refractivity (Wildman–Crippen MR) is 71.1 cm³/mol. The molecule has 2 aromatic rings. The maximum Gasteiger partial charge on any atom is 0.258 e. The van der Waals surface area contributed by atoms with E-state index < -0.39 is 0 Å². The highest BCUT2D eigenvalue weighted by atomic mass is 79.9. The average molecular weight is 291 g/mol. The number of pyridine rings is 1. The van der Waals surface area contributed by atoms with Gasteiger partial charge in [-0.25, -0.2) is 0 Å². The molecule has 1 aromatic heterocycles. The largest absolute Gasteiger partial charge is 0.310 e. The van der Waals surface area contributed by atoms with Crippen LogP contribution in [0.5, 0.6) is 0 Å². The molecule has 17 heavy (non-hydrogen) atoms. The van der Waals surface area contributed by atoms with Crippen LogP contribution in [0, 0.1) is 0 Å². The van der Waals surface area contributed by atoms with Crippen molar-refractivity contribution in [3.63, 3.8) is 0 Å². The minimum absolute atomic E-state index is 0.0562. The van der Waals surface area contributed by atoms with Crippen LogP contribution >= 0.6 is 15.9 Å². The van der Waals surface area contributed by atoms with Gasteiger partial charge in [0.2, 0.25) is 0 Å². The third-order valence-electron chi connectivity index (χ3n) is 2.45. The van der Waals surface area contributed by atoms with Crippen LogP contribution in [-0.2, 0) is 0 Å². The number of amides is 1. The predicted octanol–water partition coefficient (Wildman–Crippen LogP) is 3.12. The molecule has 1 amide bonds. The Hall–Kier alpha value is -1.68. The number of anilines is 1. The number of para-hydroxylation sites is 1. The summed E-state index contributed by atoms with van der Waals surface area (Å²) >= 11 is 3.43. The fraction of sp³-hybridized carbons (Fsp3) is 0.0769. The van der Waals surface area contributed by atoms with E-state index >= 15 is 0 Å². The molecule has 0 N–H and O–H groups in total. The summed E-state index contributed by atoms with van der Waals surface area (Å²) in [7, 11) is 1.75. The number of carbonyl (C=O) groups excluding carboxylic acids is 1. The first-order valence-electron chi connectivity index (χ1n) is 5.13. The Kier molecular flexibility index (Phi) is 3.54. The zero-order valence-electron chi connectivity index (χ0n) is 9.30. The molecule has 0 aliphatic carbocycles. The van der Waals surface area contributed by atoms with Gasteiger partial charge in [-0.1, -0.05) is 12.1 Å². The fourth-order valence-electron chi connectivity index (χ4n) is 1.52. The Morgan fingerprint density at radius 2 is 1.82 bits per heavy atom. The molecule has 0 fully saturated rings. The van der Waals surface area contributed by atoms with Crippen LogP contribution in [0.15, 0.2) is 53.3 Å². The van der Waals surface area contributed by atoms with Crippen LogP contribution in [0.4, 0.5) is 5.69 Å². The summed E-state index contributed by atoms with van der Waals surface area (Å²) in [6, 6.07) is 11.0. The van der Waals surface area contributed by atoms with Crippen LogP contribution in [-0.4, -0.2) is 17.9 Å². The van der Waals surface area contributed by atoms with Gasteiger partial charge < -0.3 is 4.90 Å². The molecule has 0 spiro atoms. The van der Waals surface area contributed by atoms with Gasteiger partial charge in [0.1, 0.15) is 0 Å². The van der Waals surface area contributed by atoms with Gasteiger partial charge >= 0.3 is 0 Å². The molecule has 2 rings (SSSR count). The van der Waals surface area contributed by atoms with Gasteiger partial charge in [0.15, 0.2) is 0 Å². The summed E-state index contributed by atoms with van der Waals surface area (Å²) in [6.45, 7) is 0. The first-order valence-corrected chi connectivity index (χ1v) is 5.92. The quantitative estimate of drug-likeness (QED) is 0.851. The number of hydrogen-bond acceptors (Lipinski definition) is 2. The Morgan fingerprint density at radius 3 is 2.47 bits per heavy atom. The number of benzene rings is 1. The van der Waals surface area contributed by atoms with Crippen molar-refractivity contribution in [1.82, 2.24) is 4.98 Å². The summed E-state index contributed by atoms with van der Waals surface area (Å²) < 4.78 is 0.893. The van der Waals surface area contributed by atoms with Crippen molar-refractivity contribution in [1.29, 1.82) is 0 Å². The van der Waals surface area contributed by atoms with Crippen molar-refractivity contribution in [2.45, 2.75) is 0 Å². The van der Waals surface area contributed by atoms with Gasteiger partial charge in [0, 0.05) is 29.5 Å². The third-order valence-corrected chi connectivity index (χ3v) is 3.12. The van der Waals surface area contributed by atoms with Gasteiger partial charge in [-0.2, -0.15) is 0 Å². The highest BCUT2D eigenvalue weighted by molar-refractivity contribution is 9.10. The van der Waals surface area contributed by atoms with Crippen molar-refractivity contribution in [2.75, 3.05) is 11.9 Å². The summed E-state index contributed by atoms with van der Waals surface area (Å²) in [5, 5.41) is 0. The van der Waals surface area contributed by atoms with E-state index in [1.165, 1.54) is 0 Å². The first kappa shape index (κ1) is 11.8. The molecule has 4 heteroatoms. The van der Waals surface area contributed by atoms with Gasteiger partial charge in [-0.15, -0.1) is 0 Å². The number of halogens is 1. The summed E-state index contributed by atoms with van der Waals surface area (Å²) in [6.07, 6.45) is 3.22. The van der Waals surface area contributed by atoms with Crippen molar-refractivity contribution < 1.29 is 4.79 Å². The molecular weight excluding hydrogens is 280 g/mol. The van der Waals surface area contributed by atoms with Gasteiger partial charge in [0.25, 0.3) is 5.91 Å². The maximum absolute atomic E-state index is 12.2. The zero-order chi connectivity index (χ0) is 12.3. The molecule has 0 aliphatic heterocycles. The number of hydrogen-bond donors (Lipinski definition) is 0. The summed E-state index contributed by atoms with van der Waals surface area (Å²) in [4.78, 5) is 17.7. The molecule has 0 saturated heterocycles. The van der Waals surface area contributed by atoms with E-state index in [4.69, 9.17) is 0 Å². The molecule has 0 unspecified atom stereocenters. The number of aromatic nitrogens is 1. The number of rotatable bonds is 2. The Bertz CT molecular complexity index is 528. The highest BCUT2D eigenvalue weighted by Gasteiger charge is 2.14. The zero-order valence-corrected chi connectivity index (χ0v) is 10.9. The lowest BCUT2D eigenvalue weighted by atomic mass is 10.2. The van der Waals surface area contributed by atoms with E-state index in [0.717, 1.165) is 10.2 Å². The van der Waals surface area contributed by atoms with E-state index in [9.17, 15) is 4.79 Å². The van der Waals surface area contributed by atoms with Crippen LogP contribution in [0.3, 0.4) is 0 Å². The molecular formula is C13H11BrN2O. The Balaban J connectivity index is 2.30. The van der Waals surface area contributed by atoms with Crippen LogP contribution in [0.25, 0.3) is 0 Å². The van der Waals surface area contributed by atoms with Crippen molar-refractivity contribution >= 4 is 27.5 Å². The van der Waals surface area contributed by atoms with E-state index in [0.29, 0.717) is 5.56 Å². The van der Waals surface area contributed by atoms with Crippen molar-refractivity contribution in [3.05, 3.63) is 58.8 Å². The van der Waals surface area contributed by atoms with Crippen LogP contribution in [0.1, 0.15) is 10.4 Å². The highest BCUT2D eigenvalue weighted by Crippen LogP contribution is 2.25. The fourth-order valence-corrected chi connectivity index (χ4v) is 2.07. The van der Waals surface area contributed by atoms with Crippen molar-refractivity contribution in [3.8, 4) is 0 Å². The van der Waals surface area contributed by atoms with E-state index in [1.807, 2.05) is 24.3 Å². The van der Waals surface area contributed by atoms with Crippen LogP contribution in [0.2, 0.25) is 0 Å². The third kappa shape index (κ3) is 2.53. The molecule has 1 heterocycles. The van der Waals surface area contributed by atoms with E-state index in [2.05, 4.69) is 20.9 Å². The summed E-state index contributed by atoms with van der Waals surface area (Å²) in [5.74, 6) is -0.0562. The lowest BCUT2D eigenvalue weighted by Gasteiger charge is -2.18. The second-order valence-corrected chi connectivity index (χ2v) is 4.41. The van der Waals surface area contributed by atoms with E-state index in [1.54, 1.807) is 36.5 Å². The maximum atomic E-state index is 12.2. The monoisotopic (exact) mass is 290 g/mol. The van der Waals surface area contributed by atoms with Gasteiger partial charge in [0.05, 0.1) is 5.69 Å². The molecule has 0 bridgehead atoms. The Morgan fingerprint density at radius 1 is 1.18 bits per heavy atom. The molecule has 1 aromatic carbocycles. The standard InChI is InChI=1S/C13H11BrN2O/c1-16(12-5-3-2-4-11(12)14)13(17)10-6-8-15-9-7-10/h2-9H,1H3. The molecule has 3 nitrogen and oxygen atoms in total. The van der Waals surface area contributed by atoms with Crippen molar-refractivity contribution in [2.24, 2.45) is 0 Å². The van der Waals surface area contributed by atoms with Crippen LogP contribution < -0.4 is 4.90 Å². The van der Waals surface area contributed by atoms with Gasteiger partial charge in [-0.3, -0.25) is 9.78 Å². The lowest BCUT2D eigenvalue weighted by molar-refractivity contribution is 0.0993. The molecule has 0 saturated carbocycles. The van der Waals surface area contributed by atoms with Gasteiger partial charge in [-0.05, 0) is 40.2 Å². The molecule has 86 valence electrons. The number of carbonyl (C=O) groups is 1. The minimum Gasteiger partial charge on any atom is -0.310 e. The number of nitrogens with zero attached hydrogens (tertiary/aromatic N) is 2. The topological polar surface area (TPSA) is 33.2 Å². The first-order chi connectivity index (χ1) is 8.20. The SMILES string of the molecule is CN(C(=O)c1ccncc1)c1ccccc1Br. The van der Waals surface area contributed by atoms with E-state index in [-0.39, 0.29) is 5.91 Å². The molecule has 0 aliphatic rings. The molecule has 0 radical (unpaired) electrons. The lowest BCUT2D eigenvalue weighted by Crippen LogP contribution is -2.26.